The number of carbonyl (C=O) groups is 3. The Morgan fingerprint density at radius 3 is 2.00 bits per heavy atom. The number of carboxylic acids is 1. The Kier molecular flexibility index (Phi) is 5.28. The average Bonchev–Trinajstić information content (AvgIpc) is 2.57. The van der Waals surface area contributed by atoms with Gasteiger partial charge in [-0.25, -0.2) is 0 Å². The topological polar surface area (TPSA) is 136 Å². The van der Waals surface area contributed by atoms with Gasteiger partial charge >= 0.3 is 5.97 Å². The molecule has 1 saturated carbocycles. The fraction of sp³-hybridized carbons (Fsp3) is 0.812. The maximum atomic E-state index is 12.9. The summed E-state index contributed by atoms with van der Waals surface area (Å²) in [6, 6.07) is -1.94. The first-order chi connectivity index (χ1) is 10.3. The van der Waals surface area contributed by atoms with E-state index in [9.17, 15) is 14.4 Å². The van der Waals surface area contributed by atoms with Crippen LogP contribution in [0.2, 0.25) is 0 Å². The SMILES string of the molecule is C[C@H](N)C(=O)C1(NC(=O)[C@@H](N)CC(=O)O)CCC(C)(C)C1(C)C. The molecule has 23 heavy (non-hydrogen) atoms. The normalized spacial score (nSPS) is 28.0. The predicted octanol–water partition coefficient (Wildman–Crippen LogP) is 0.406. The molecule has 1 fully saturated rings. The van der Waals surface area contributed by atoms with Gasteiger partial charge in [0, 0.05) is 5.41 Å². The van der Waals surface area contributed by atoms with Gasteiger partial charge in [-0.15, -0.1) is 0 Å². The highest BCUT2D eigenvalue weighted by Gasteiger charge is 2.63. The molecule has 1 unspecified atom stereocenters. The molecule has 0 saturated heterocycles. The number of hydrogen-bond donors (Lipinski definition) is 4. The number of rotatable bonds is 6. The summed E-state index contributed by atoms with van der Waals surface area (Å²) in [6.07, 6.45) is 0.712. The quantitative estimate of drug-likeness (QED) is 0.558. The maximum Gasteiger partial charge on any atom is 0.305 e. The molecule has 0 spiro atoms. The molecule has 132 valence electrons. The summed E-state index contributed by atoms with van der Waals surface area (Å²) in [6.45, 7) is 9.56. The zero-order valence-electron chi connectivity index (χ0n) is 14.6. The Labute approximate surface area is 137 Å². The van der Waals surface area contributed by atoms with Crippen LogP contribution in [0, 0.1) is 10.8 Å². The van der Waals surface area contributed by atoms with Crippen LogP contribution in [0.1, 0.15) is 53.9 Å². The Hall–Kier alpha value is -1.47. The second kappa shape index (κ2) is 6.20. The fourth-order valence-electron chi connectivity index (χ4n) is 3.39. The highest BCUT2D eigenvalue weighted by molar-refractivity contribution is 5.98. The second-order valence-corrected chi connectivity index (χ2v) is 7.76. The highest BCUT2D eigenvalue weighted by Crippen LogP contribution is 2.58. The summed E-state index contributed by atoms with van der Waals surface area (Å²) in [4.78, 5) is 36.0. The molecule has 0 aliphatic heterocycles. The van der Waals surface area contributed by atoms with E-state index in [0.29, 0.717) is 6.42 Å². The Bertz CT molecular complexity index is 513. The summed E-state index contributed by atoms with van der Waals surface area (Å²) >= 11 is 0. The number of ketones is 1. The number of aliphatic carboxylic acids is 1. The van der Waals surface area contributed by atoms with Crippen molar-refractivity contribution in [2.24, 2.45) is 22.3 Å². The summed E-state index contributed by atoms with van der Waals surface area (Å²) in [5, 5.41) is 11.6. The summed E-state index contributed by atoms with van der Waals surface area (Å²) in [7, 11) is 0. The number of Topliss-reactive ketones (excluding diaryl/α,β-unsaturated/α-hetero) is 1. The molecule has 1 amide bonds. The number of nitrogens with one attached hydrogen (secondary N) is 1. The Morgan fingerprint density at radius 2 is 1.65 bits per heavy atom. The van der Waals surface area contributed by atoms with Crippen molar-refractivity contribution in [3.8, 4) is 0 Å². The number of hydrogen-bond acceptors (Lipinski definition) is 5. The molecule has 1 rings (SSSR count). The van der Waals surface area contributed by atoms with Gasteiger partial charge in [0.25, 0.3) is 0 Å². The van der Waals surface area contributed by atoms with Crippen LogP contribution < -0.4 is 16.8 Å². The standard InChI is InChI=1S/C16H29N3O4/c1-9(17)12(22)16(7-6-14(2,3)15(16,4)5)19-13(23)10(18)8-11(20)21/h9-10H,6-8,17-18H2,1-5H3,(H,19,23)(H,20,21)/t9-,10-,16?/m0/s1. The van der Waals surface area contributed by atoms with E-state index < -0.39 is 41.3 Å². The molecule has 0 aromatic carbocycles. The maximum absolute atomic E-state index is 12.9. The third-order valence-electron chi connectivity index (χ3n) is 5.79. The van der Waals surface area contributed by atoms with E-state index in [4.69, 9.17) is 16.6 Å². The second-order valence-electron chi connectivity index (χ2n) is 7.76. The van der Waals surface area contributed by atoms with Crippen molar-refractivity contribution in [2.45, 2.75) is 71.5 Å². The van der Waals surface area contributed by atoms with Crippen molar-refractivity contribution in [3.05, 3.63) is 0 Å². The lowest BCUT2D eigenvalue weighted by Gasteiger charge is -2.48. The molecule has 0 heterocycles. The molecule has 3 atom stereocenters. The van der Waals surface area contributed by atoms with Crippen molar-refractivity contribution in [2.75, 3.05) is 0 Å². The summed E-state index contributed by atoms with van der Waals surface area (Å²) < 4.78 is 0. The van der Waals surface area contributed by atoms with Crippen LogP contribution in [-0.4, -0.2) is 40.4 Å². The minimum Gasteiger partial charge on any atom is -0.481 e. The molecule has 0 bridgehead atoms. The first-order valence-corrected chi connectivity index (χ1v) is 7.88. The van der Waals surface area contributed by atoms with Crippen LogP contribution in [0.25, 0.3) is 0 Å². The first-order valence-electron chi connectivity index (χ1n) is 7.88. The minimum absolute atomic E-state index is 0.193. The smallest absolute Gasteiger partial charge is 0.305 e. The van der Waals surface area contributed by atoms with Gasteiger partial charge in [0.05, 0.1) is 18.5 Å². The van der Waals surface area contributed by atoms with Crippen molar-refractivity contribution in [1.82, 2.24) is 5.32 Å². The van der Waals surface area contributed by atoms with E-state index in [0.717, 1.165) is 6.42 Å². The molecular formula is C16H29N3O4. The molecular weight excluding hydrogens is 298 g/mol. The van der Waals surface area contributed by atoms with Gasteiger partial charge in [-0.05, 0) is 25.2 Å². The monoisotopic (exact) mass is 327 g/mol. The van der Waals surface area contributed by atoms with Gasteiger partial charge in [-0.3, -0.25) is 14.4 Å². The van der Waals surface area contributed by atoms with Gasteiger partial charge in [0.15, 0.2) is 5.78 Å². The van der Waals surface area contributed by atoms with Gasteiger partial charge in [0.2, 0.25) is 5.91 Å². The lowest BCUT2D eigenvalue weighted by molar-refractivity contribution is -0.142. The molecule has 7 nitrogen and oxygen atoms in total. The van der Waals surface area contributed by atoms with E-state index in [1.165, 1.54) is 0 Å². The van der Waals surface area contributed by atoms with Crippen molar-refractivity contribution >= 4 is 17.7 Å². The third-order valence-corrected chi connectivity index (χ3v) is 5.79. The molecule has 0 aromatic heterocycles. The van der Waals surface area contributed by atoms with Crippen LogP contribution in [-0.2, 0) is 14.4 Å². The van der Waals surface area contributed by atoms with Crippen molar-refractivity contribution in [3.63, 3.8) is 0 Å². The summed E-state index contributed by atoms with van der Waals surface area (Å²) in [5.41, 5.74) is 9.58. The van der Waals surface area contributed by atoms with Crippen LogP contribution >= 0.6 is 0 Å². The number of carboxylic acid groups (broad SMARTS) is 1. The van der Waals surface area contributed by atoms with Crippen LogP contribution in [0.5, 0.6) is 0 Å². The number of nitrogens with two attached hydrogens (primary N) is 2. The predicted molar refractivity (Wildman–Crippen MR) is 86.6 cm³/mol. The van der Waals surface area contributed by atoms with Crippen molar-refractivity contribution < 1.29 is 19.5 Å². The van der Waals surface area contributed by atoms with E-state index in [1.54, 1.807) is 6.92 Å². The van der Waals surface area contributed by atoms with Crippen molar-refractivity contribution in [1.29, 1.82) is 0 Å². The van der Waals surface area contributed by atoms with Crippen LogP contribution in [0.15, 0.2) is 0 Å². The summed E-state index contributed by atoms with van der Waals surface area (Å²) in [5.74, 6) is -2.04. The third kappa shape index (κ3) is 3.26. The molecule has 1 aliphatic carbocycles. The molecule has 1 aliphatic rings. The zero-order valence-corrected chi connectivity index (χ0v) is 14.6. The molecule has 7 heteroatoms. The average molecular weight is 327 g/mol. The Morgan fingerprint density at radius 1 is 1.13 bits per heavy atom. The largest absolute Gasteiger partial charge is 0.481 e. The lowest BCUT2D eigenvalue weighted by Crippen LogP contribution is -2.67. The first kappa shape index (κ1) is 19.6. The lowest BCUT2D eigenvalue weighted by atomic mass is 9.61. The highest BCUT2D eigenvalue weighted by atomic mass is 16.4. The zero-order chi connectivity index (χ0) is 18.2. The molecule has 0 aromatic rings. The fourth-order valence-corrected chi connectivity index (χ4v) is 3.39. The van der Waals surface area contributed by atoms with Crippen LogP contribution in [0.4, 0.5) is 0 Å². The van der Waals surface area contributed by atoms with E-state index >= 15 is 0 Å². The number of carbonyl (C=O) groups excluding carboxylic acids is 2. The van der Waals surface area contributed by atoms with Gasteiger partial charge in [0.1, 0.15) is 5.54 Å². The van der Waals surface area contributed by atoms with Gasteiger partial charge in [-0.1, -0.05) is 27.7 Å². The Balaban J connectivity index is 3.22. The molecule has 0 radical (unpaired) electrons. The van der Waals surface area contributed by atoms with E-state index in [1.807, 2.05) is 27.7 Å². The minimum atomic E-state index is -1.20. The van der Waals surface area contributed by atoms with E-state index in [2.05, 4.69) is 5.32 Å². The van der Waals surface area contributed by atoms with E-state index in [-0.39, 0.29) is 11.2 Å². The number of amides is 1. The molecule has 6 N–H and O–H groups in total. The van der Waals surface area contributed by atoms with Gasteiger partial charge < -0.3 is 21.9 Å². The van der Waals surface area contributed by atoms with Gasteiger partial charge in [-0.2, -0.15) is 0 Å². The van der Waals surface area contributed by atoms with Crippen LogP contribution in [0.3, 0.4) is 0 Å².